The number of nitrogens with zero attached hydrogens (tertiary/aromatic N) is 1. The van der Waals surface area contributed by atoms with E-state index < -0.39 is 0 Å². The second-order valence-corrected chi connectivity index (χ2v) is 5.99. The van der Waals surface area contributed by atoms with Crippen LogP contribution in [0.5, 0.6) is 0 Å². The first kappa shape index (κ1) is 14.4. The zero-order valence-corrected chi connectivity index (χ0v) is 12.9. The molecular weight excluding hydrogens is 232 g/mol. The van der Waals surface area contributed by atoms with Crippen molar-refractivity contribution in [2.24, 2.45) is 5.92 Å². The van der Waals surface area contributed by atoms with Crippen molar-refractivity contribution in [3.8, 4) is 0 Å². The molecule has 0 aliphatic carbocycles. The van der Waals surface area contributed by atoms with Gasteiger partial charge in [0.25, 0.3) is 0 Å². The minimum atomic E-state index is 0.443. The van der Waals surface area contributed by atoms with E-state index in [0.29, 0.717) is 6.04 Å². The number of fused-ring (bicyclic) bond motifs is 1. The first-order valence-corrected chi connectivity index (χ1v) is 7.70. The Bertz CT molecular complexity index is 414. The molecule has 0 amide bonds. The van der Waals surface area contributed by atoms with Crippen LogP contribution in [0.15, 0.2) is 18.2 Å². The van der Waals surface area contributed by atoms with Crippen molar-refractivity contribution in [2.75, 3.05) is 25.0 Å². The third-order valence-corrected chi connectivity index (χ3v) is 4.34. The fraction of sp³-hybridized carbons (Fsp3) is 0.647. The topological polar surface area (TPSA) is 15.3 Å². The highest BCUT2D eigenvalue weighted by molar-refractivity contribution is 5.59. The molecule has 0 saturated heterocycles. The Morgan fingerprint density at radius 1 is 1.32 bits per heavy atom. The lowest BCUT2D eigenvalue weighted by molar-refractivity contribution is 0.517. The monoisotopic (exact) mass is 260 g/mol. The van der Waals surface area contributed by atoms with Crippen LogP contribution in [-0.4, -0.2) is 20.1 Å². The van der Waals surface area contributed by atoms with E-state index in [1.165, 1.54) is 49.2 Å². The summed E-state index contributed by atoms with van der Waals surface area (Å²) in [4.78, 5) is 2.57. The highest BCUT2D eigenvalue weighted by Crippen LogP contribution is 2.31. The van der Waals surface area contributed by atoms with Gasteiger partial charge in [-0.2, -0.15) is 0 Å². The van der Waals surface area contributed by atoms with Crippen LogP contribution in [0.1, 0.15) is 50.8 Å². The molecule has 1 N–H and O–H groups in total. The average molecular weight is 260 g/mol. The molecule has 2 nitrogen and oxygen atoms in total. The van der Waals surface area contributed by atoms with Crippen molar-refractivity contribution >= 4 is 5.69 Å². The van der Waals surface area contributed by atoms with Gasteiger partial charge in [-0.25, -0.2) is 0 Å². The van der Waals surface area contributed by atoms with Crippen LogP contribution < -0.4 is 10.2 Å². The third kappa shape index (κ3) is 3.30. The van der Waals surface area contributed by atoms with Crippen molar-refractivity contribution in [1.29, 1.82) is 0 Å². The third-order valence-electron chi connectivity index (χ3n) is 4.34. The number of benzene rings is 1. The van der Waals surface area contributed by atoms with Gasteiger partial charge in [0.1, 0.15) is 0 Å². The normalized spacial score (nSPS) is 17.4. The Labute approximate surface area is 118 Å². The fourth-order valence-corrected chi connectivity index (χ4v) is 3.08. The lowest BCUT2D eigenvalue weighted by Crippen LogP contribution is -2.26. The van der Waals surface area contributed by atoms with E-state index in [-0.39, 0.29) is 0 Å². The van der Waals surface area contributed by atoms with Gasteiger partial charge in [-0.15, -0.1) is 0 Å². The van der Waals surface area contributed by atoms with Crippen LogP contribution in [0.2, 0.25) is 0 Å². The molecule has 1 aliphatic heterocycles. The number of hydrogen-bond donors (Lipinski definition) is 1. The smallest absolute Gasteiger partial charge is 0.0399 e. The van der Waals surface area contributed by atoms with E-state index >= 15 is 0 Å². The van der Waals surface area contributed by atoms with Crippen LogP contribution >= 0.6 is 0 Å². The summed E-state index contributed by atoms with van der Waals surface area (Å²) in [7, 11) is 2.02. The molecular formula is C17H28N2. The summed E-state index contributed by atoms with van der Waals surface area (Å²) in [6.07, 6.45) is 3.83. The molecule has 19 heavy (non-hydrogen) atoms. The number of nitrogens with one attached hydrogen (secondary N) is 1. The van der Waals surface area contributed by atoms with Crippen molar-refractivity contribution < 1.29 is 0 Å². The zero-order chi connectivity index (χ0) is 13.8. The summed E-state index contributed by atoms with van der Waals surface area (Å²) < 4.78 is 0. The fourth-order valence-electron chi connectivity index (χ4n) is 3.08. The van der Waals surface area contributed by atoms with Crippen molar-refractivity contribution in [3.05, 3.63) is 29.3 Å². The maximum absolute atomic E-state index is 3.32. The van der Waals surface area contributed by atoms with E-state index in [1.807, 2.05) is 7.05 Å². The number of anilines is 1. The van der Waals surface area contributed by atoms with Gasteiger partial charge >= 0.3 is 0 Å². The van der Waals surface area contributed by atoms with Crippen LogP contribution in [0.4, 0.5) is 5.69 Å². The van der Waals surface area contributed by atoms with E-state index in [4.69, 9.17) is 0 Å². The molecule has 1 aromatic carbocycles. The summed E-state index contributed by atoms with van der Waals surface area (Å²) >= 11 is 0. The number of hydrogen-bond acceptors (Lipinski definition) is 2. The lowest BCUT2D eigenvalue weighted by atomic mass is 10.0. The molecule has 0 bridgehead atoms. The second kappa shape index (κ2) is 6.42. The molecule has 0 spiro atoms. The molecule has 2 heteroatoms. The summed E-state index contributed by atoms with van der Waals surface area (Å²) in [5.74, 6) is 0.798. The largest absolute Gasteiger partial charge is 0.371 e. The molecule has 1 aliphatic rings. The minimum absolute atomic E-state index is 0.443. The maximum atomic E-state index is 3.32. The van der Waals surface area contributed by atoms with Gasteiger partial charge in [0.05, 0.1) is 0 Å². The van der Waals surface area contributed by atoms with E-state index in [0.717, 1.165) is 5.92 Å². The van der Waals surface area contributed by atoms with E-state index in [2.05, 4.69) is 49.2 Å². The standard InChI is InChI=1S/C17H28N2/c1-5-6-13(2)12-19-10-9-16-11-15(14(3)18-4)7-8-17(16)19/h7-8,11,13-14,18H,5-6,9-10,12H2,1-4H3. The zero-order valence-electron chi connectivity index (χ0n) is 12.9. The molecule has 0 fully saturated rings. The Balaban J connectivity index is 2.08. The predicted octanol–water partition coefficient (Wildman–Crippen LogP) is 3.77. The molecule has 0 aromatic heterocycles. The van der Waals surface area contributed by atoms with Crippen LogP contribution in [-0.2, 0) is 6.42 Å². The van der Waals surface area contributed by atoms with Gasteiger partial charge in [0, 0.05) is 24.8 Å². The van der Waals surface area contributed by atoms with Gasteiger partial charge in [0.2, 0.25) is 0 Å². The van der Waals surface area contributed by atoms with Crippen molar-refractivity contribution in [3.63, 3.8) is 0 Å². The summed E-state index contributed by atoms with van der Waals surface area (Å²) in [6, 6.07) is 7.44. The molecule has 106 valence electrons. The molecule has 2 unspecified atom stereocenters. The second-order valence-electron chi connectivity index (χ2n) is 5.99. The first-order chi connectivity index (χ1) is 9.15. The van der Waals surface area contributed by atoms with Gasteiger partial charge in [0.15, 0.2) is 0 Å². The minimum Gasteiger partial charge on any atom is -0.371 e. The predicted molar refractivity (Wildman–Crippen MR) is 83.9 cm³/mol. The molecule has 1 heterocycles. The van der Waals surface area contributed by atoms with Gasteiger partial charge in [-0.05, 0) is 49.9 Å². The molecule has 0 saturated carbocycles. The number of rotatable bonds is 6. The summed E-state index contributed by atoms with van der Waals surface area (Å²) in [6.45, 7) is 9.28. The van der Waals surface area contributed by atoms with E-state index in [1.54, 1.807) is 0 Å². The van der Waals surface area contributed by atoms with Crippen LogP contribution in [0.25, 0.3) is 0 Å². The maximum Gasteiger partial charge on any atom is 0.0399 e. The summed E-state index contributed by atoms with van der Waals surface area (Å²) in [5.41, 5.74) is 4.41. The Kier molecular flexibility index (Phi) is 4.87. The Morgan fingerprint density at radius 2 is 2.11 bits per heavy atom. The quantitative estimate of drug-likeness (QED) is 0.837. The highest BCUT2D eigenvalue weighted by Gasteiger charge is 2.21. The van der Waals surface area contributed by atoms with Gasteiger partial charge in [-0.1, -0.05) is 32.4 Å². The summed E-state index contributed by atoms with van der Waals surface area (Å²) in [5, 5.41) is 3.32. The van der Waals surface area contributed by atoms with Crippen molar-refractivity contribution in [1.82, 2.24) is 5.32 Å². The van der Waals surface area contributed by atoms with Gasteiger partial charge in [-0.3, -0.25) is 0 Å². The Hall–Kier alpha value is -1.02. The first-order valence-electron chi connectivity index (χ1n) is 7.70. The Morgan fingerprint density at radius 3 is 2.79 bits per heavy atom. The van der Waals surface area contributed by atoms with Crippen molar-refractivity contribution in [2.45, 2.75) is 46.1 Å². The SMILES string of the molecule is CCCC(C)CN1CCc2cc(C(C)NC)ccc21. The average Bonchev–Trinajstić information content (AvgIpc) is 2.80. The lowest BCUT2D eigenvalue weighted by Gasteiger charge is -2.24. The molecule has 2 rings (SSSR count). The highest BCUT2D eigenvalue weighted by atomic mass is 15.1. The molecule has 1 aromatic rings. The van der Waals surface area contributed by atoms with E-state index in [9.17, 15) is 0 Å². The molecule has 0 radical (unpaired) electrons. The van der Waals surface area contributed by atoms with Crippen LogP contribution in [0, 0.1) is 5.92 Å². The van der Waals surface area contributed by atoms with Gasteiger partial charge < -0.3 is 10.2 Å². The molecule has 2 atom stereocenters. The van der Waals surface area contributed by atoms with Crippen LogP contribution in [0.3, 0.4) is 0 Å².